The number of nitrogens with one attached hydrogen (secondary N) is 1. The molecule has 1 N–H and O–H groups in total. The fourth-order valence-corrected chi connectivity index (χ4v) is 2.35. The van der Waals surface area contributed by atoms with E-state index in [-0.39, 0.29) is 5.82 Å². The van der Waals surface area contributed by atoms with Crippen molar-refractivity contribution < 1.29 is 18.4 Å². The van der Waals surface area contributed by atoms with E-state index in [0.29, 0.717) is 17.9 Å². The van der Waals surface area contributed by atoms with Gasteiger partial charge in [-0.2, -0.15) is 0 Å². The highest BCUT2D eigenvalue weighted by atomic mass is 19.1. The zero-order valence-corrected chi connectivity index (χ0v) is 14.7. The molecule has 6 heteroatoms. The summed E-state index contributed by atoms with van der Waals surface area (Å²) in [5.74, 6) is 0.153. The summed E-state index contributed by atoms with van der Waals surface area (Å²) >= 11 is 0. The van der Waals surface area contributed by atoms with E-state index in [1.54, 1.807) is 18.2 Å². The lowest BCUT2D eigenvalue weighted by Gasteiger charge is -2.32. The number of rotatable bonds is 5. The average molecular weight is 321 g/mol. The molecule has 1 fully saturated rings. The number of hydrogen-bond acceptors (Lipinski definition) is 4. The van der Waals surface area contributed by atoms with Crippen LogP contribution < -0.4 is 10.1 Å². The van der Waals surface area contributed by atoms with E-state index < -0.39 is 18.3 Å². The van der Waals surface area contributed by atoms with Crippen LogP contribution in [0, 0.1) is 5.82 Å². The van der Waals surface area contributed by atoms with Gasteiger partial charge in [0.15, 0.2) is 0 Å². The Morgan fingerprint density at radius 2 is 1.87 bits per heavy atom. The fraction of sp³-hybridized carbons (Fsp3) is 0.529. The quantitative estimate of drug-likeness (QED) is 0.846. The van der Waals surface area contributed by atoms with E-state index in [1.807, 2.05) is 34.7 Å². The van der Waals surface area contributed by atoms with Crippen molar-refractivity contribution in [1.82, 2.24) is 5.32 Å². The Labute approximate surface area is 138 Å². The van der Waals surface area contributed by atoms with Crippen LogP contribution in [0.5, 0.6) is 5.75 Å². The third-order valence-corrected chi connectivity index (χ3v) is 4.49. The molecule has 0 saturated carbocycles. The van der Waals surface area contributed by atoms with Crippen molar-refractivity contribution in [3.8, 4) is 5.75 Å². The van der Waals surface area contributed by atoms with Crippen LogP contribution >= 0.6 is 0 Å². The molecule has 1 aliphatic heterocycles. The van der Waals surface area contributed by atoms with Gasteiger partial charge in [-0.3, -0.25) is 0 Å². The molecule has 0 aromatic heterocycles. The maximum Gasteiger partial charge on any atom is 0.491 e. The van der Waals surface area contributed by atoms with E-state index in [2.05, 4.69) is 5.32 Å². The number of benzene rings is 1. The Hall–Kier alpha value is -1.37. The van der Waals surface area contributed by atoms with Crippen molar-refractivity contribution in [2.24, 2.45) is 0 Å². The van der Waals surface area contributed by atoms with Gasteiger partial charge in [0.2, 0.25) is 0 Å². The summed E-state index contributed by atoms with van der Waals surface area (Å²) in [6.45, 7) is 8.54. The molecule has 0 aliphatic carbocycles. The zero-order chi connectivity index (χ0) is 17.3. The molecule has 1 aromatic rings. The van der Waals surface area contributed by atoms with Crippen LogP contribution in [0.2, 0.25) is 0 Å². The first-order valence-corrected chi connectivity index (χ1v) is 7.74. The van der Waals surface area contributed by atoms with Gasteiger partial charge < -0.3 is 19.4 Å². The number of ether oxygens (including phenoxy) is 1. The third-order valence-electron chi connectivity index (χ3n) is 4.49. The SMILES string of the molecule is CNCC(=Cc1ccc(OC)cc1F)B1OC(C)(C)C(C)(C)O1. The van der Waals surface area contributed by atoms with E-state index in [0.717, 1.165) is 5.47 Å². The van der Waals surface area contributed by atoms with Gasteiger partial charge in [0, 0.05) is 18.2 Å². The first-order chi connectivity index (χ1) is 10.7. The molecule has 0 unspecified atom stereocenters. The topological polar surface area (TPSA) is 39.7 Å². The van der Waals surface area contributed by atoms with Gasteiger partial charge in [-0.15, -0.1) is 0 Å². The molecule has 0 atom stereocenters. The smallest absolute Gasteiger partial charge is 0.491 e. The lowest BCUT2D eigenvalue weighted by Crippen LogP contribution is -2.41. The molecule has 1 aromatic carbocycles. The standard InChI is InChI=1S/C17H25BFNO3/c1-16(2)17(3,4)23-18(22-16)13(11-20-5)9-12-7-8-14(21-6)10-15(12)19/h7-10,20H,11H2,1-6H3. The summed E-state index contributed by atoms with van der Waals surface area (Å²) < 4.78 is 31.4. The lowest BCUT2D eigenvalue weighted by molar-refractivity contribution is 0.00578. The van der Waals surface area contributed by atoms with Crippen LogP contribution in [-0.2, 0) is 9.31 Å². The Morgan fingerprint density at radius 3 is 2.35 bits per heavy atom. The molecule has 4 nitrogen and oxygen atoms in total. The molecule has 126 valence electrons. The molecule has 1 heterocycles. The van der Waals surface area contributed by atoms with E-state index in [4.69, 9.17) is 14.0 Å². The highest BCUT2D eigenvalue weighted by Gasteiger charge is 2.52. The highest BCUT2D eigenvalue weighted by molar-refractivity contribution is 6.55. The molecule has 2 rings (SSSR count). The minimum Gasteiger partial charge on any atom is -0.497 e. The molecule has 0 radical (unpaired) electrons. The third kappa shape index (κ3) is 3.76. The van der Waals surface area contributed by atoms with Gasteiger partial charge in [-0.05, 0) is 52.3 Å². The minimum atomic E-state index is -0.506. The first kappa shape index (κ1) is 18.0. The lowest BCUT2D eigenvalue weighted by atomic mass is 9.77. The van der Waals surface area contributed by atoms with Crippen LogP contribution in [0.25, 0.3) is 6.08 Å². The molecule has 0 spiro atoms. The highest BCUT2D eigenvalue weighted by Crippen LogP contribution is 2.38. The molecule has 23 heavy (non-hydrogen) atoms. The number of likely N-dealkylation sites (N-methyl/N-ethyl adjacent to an activating group) is 1. The first-order valence-electron chi connectivity index (χ1n) is 7.74. The Bertz CT molecular complexity index is 586. The second kappa shape index (κ2) is 6.63. The Kier molecular flexibility index (Phi) is 5.18. The molecular weight excluding hydrogens is 296 g/mol. The number of methoxy groups -OCH3 is 1. The van der Waals surface area contributed by atoms with E-state index in [1.165, 1.54) is 13.2 Å². The van der Waals surface area contributed by atoms with Crippen LogP contribution in [0.4, 0.5) is 4.39 Å². The van der Waals surface area contributed by atoms with Crippen molar-refractivity contribution in [3.05, 3.63) is 35.1 Å². The van der Waals surface area contributed by atoms with Crippen LogP contribution in [0.15, 0.2) is 23.7 Å². The molecule has 0 amide bonds. The largest absolute Gasteiger partial charge is 0.497 e. The van der Waals surface area contributed by atoms with Gasteiger partial charge in [0.25, 0.3) is 0 Å². The van der Waals surface area contributed by atoms with E-state index >= 15 is 0 Å². The number of hydrogen-bond donors (Lipinski definition) is 1. The van der Waals surface area contributed by atoms with Crippen LogP contribution in [0.3, 0.4) is 0 Å². The van der Waals surface area contributed by atoms with Crippen LogP contribution in [0.1, 0.15) is 33.3 Å². The molecule has 0 bridgehead atoms. The van der Waals surface area contributed by atoms with Crippen LogP contribution in [-0.4, -0.2) is 39.0 Å². The average Bonchev–Trinajstić information content (AvgIpc) is 2.68. The zero-order valence-electron chi connectivity index (χ0n) is 14.7. The minimum absolute atomic E-state index is 0.338. The molecular formula is C17H25BFNO3. The van der Waals surface area contributed by atoms with Crippen molar-refractivity contribution in [3.63, 3.8) is 0 Å². The summed E-state index contributed by atoms with van der Waals surface area (Å²) in [6, 6.07) is 4.79. The second-order valence-electron chi connectivity index (χ2n) is 6.73. The van der Waals surface area contributed by atoms with Gasteiger partial charge in [-0.1, -0.05) is 6.08 Å². The van der Waals surface area contributed by atoms with E-state index in [9.17, 15) is 4.39 Å². The normalized spacial score (nSPS) is 20.0. The monoisotopic (exact) mass is 321 g/mol. The van der Waals surface area contributed by atoms with Gasteiger partial charge >= 0.3 is 7.12 Å². The van der Waals surface area contributed by atoms with Crippen molar-refractivity contribution in [2.75, 3.05) is 20.7 Å². The Morgan fingerprint density at radius 1 is 1.26 bits per heavy atom. The number of halogens is 1. The van der Waals surface area contributed by atoms with Gasteiger partial charge in [0.1, 0.15) is 11.6 Å². The maximum absolute atomic E-state index is 14.2. The van der Waals surface area contributed by atoms with Crippen molar-refractivity contribution >= 4 is 13.2 Å². The van der Waals surface area contributed by atoms with Crippen molar-refractivity contribution in [1.29, 1.82) is 0 Å². The summed E-state index contributed by atoms with van der Waals surface area (Å²) in [5, 5.41) is 3.09. The van der Waals surface area contributed by atoms with Gasteiger partial charge in [-0.25, -0.2) is 4.39 Å². The molecule has 1 aliphatic rings. The fourth-order valence-electron chi connectivity index (χ4n) is 2.35. The van der Waals surface area contributed by atoms with Gasteiger partial charge in [0.05, 0.1) is 18.3 Å². The summed E-state index contributed by atoms with van der Waals surface area (Å²) in [5.41, 5.74) is 0.465. The predicted octanol–water partition coefficient (Wildman–Crippen LogP) is 3.07. The van der Waals surface area contributed by atoms with Crippen molar-refractivity contribution in [2.45, 2.75) is 38.9 Å². The second-order valence-corrected chi connectivity index (χ2v) is 6.73. The predicted molar refractivity (Wildman–Crippen MR) is 90.9 cm³/mol. The summed E-state index contributed by atoms with van der Waals surface area (Å²) in [6.07, 6.45) is 1.77. The summed E-state index contributed by atoms with van der Waals surface area (Å²) in [7, 11) is 2.85. The Balaban J connectivity index is 2.32. The molecule has 1 saturated heterocycles. The maximum atomic E-state index is 14.2. The summed E-state index contributed by atoms with van der Waals surface area (Å²) in [4.78, 5) is 0.